The Balaban J connectivity index is 0.000000389. The van der Waals surface area contributed by atoms with Gasteiger partial charge in [0.25, 0.3) is 0 Å². The second-order valence-corrected chi connectivity index (χ2v) is 8.77. The molecule has 0 radical (unpaired) electrons. The zero-order valence-electron chi connectivity index (χ0n) is 18.3. The zero-order valence-corrected chi connectivity index (χ0v) is 20.7. The van der Waals surface area contributed by atoms with E-state index in [0.29, 0.717) is 6.26 Å². The molecule has 0 saturated heterocycles. The molecule has 9 nitrogen and oxygen atoms in total. The lowest BCUT2D eigenvalue weighted by molar-refractivity contribution is -0.0707. The molecular formula is C19H11BrF8N6O3S. The highest BCUT2D eigenvalue weighted by Gasteiger charge is 2.41. The number of nitrogens with zero attached hydrogens (tertiary/aromatic N) is 4. The van der Waals surface area contributed by atoms with Gasteiger partial charge in [-0.05, 0) is 52.3 Å². The summed E-state index contributed by atoms with van der Waals surface area (Å²) in [6.07, 6.45) is -9.35. The lowest BCUT2D eigenvalue weighted by Crippen LogP contribution is -2.29. The number of alkyl halides is 6. The van der Waals surface area contributed by atoms with Gasteiger partial charge in [0.15, 0.2) is 0 Å². The number of halogens is 9. The monoisotopic (exact) mass is 634 g/mol. The fourth-order valence-electron chi connectivity index (χ4n) is 1.93. The summed E-state index contributed by atoms with van der Waals surface area (Å²) in [5.41, 5.74) is 3.10. The van der Waals surface area contributed by atoms with Crippen LogP contribution in [0, 0.1) is 34.3 Å². The molecular weight excluding hydrogens is 624 g/mol. The fourth-order valence-corrected chi connectivity index (χ4v) is 2.43. The predicted octanol–water partition coefficient (Wildman–Crippen LogP) is 5.34. The van der Waals surface area contributed by atoms with E-state index >= 15 is 0 Å². The summed E-state index contributed by atoms with van der Waals surface area (Å²) >= 11 is 2.23. The topological polar surface area (TPSA) is 140 Å². The first-order chi connectivity index (χ1) is 17.4. The van der Waals surface area contributed by atoms with E-state index in [1.807, 2.05) is 5.43 Å². The van der Waals surface area contributed by atoms with E-state index < -0.39 is 50.2 Å². The minimum absolute atomic E-state index is 0.0733. The Morgan fingerprint density at radius 3 is 1.63 bits per heavy atom. The van der Waals surface area contributed by atoms with Crippen molar-refractivity contribution in [1.82, 2.24) is 0 Å². The average molecular weight is 635 g/mol. The Kier molecular flexibility index (Phi) is 11.0. The summed E-state index contributed by atoms with van der Waals surface area (Å²) in [7, 11) is -4.43. The van der Waals surface area contributed by atoms with E-state index in [9.17, 15) is 43.5 Å². The molecule has 0 aliphatic rings. The fraction of sp³-hybridized carbons (Fsp3) is 0.158. The summed E-state index contributed by atoms with van der Waals surface area (Å²) in [4.78, 5) is 0. The van der Waals surface area contributed by atoms with Gasteiger partial charge in [0.2, 0.25) is 4.62 Å². The van der Waals surface area contributed by atoms with Crippen molar-refractivity contribution < 1.29 is 47.7 Å². The van der Waals surface area contributed by atoms with Gasteiger partial charge in [0, 0.05) is 0 Å². The summed E-state index contributed by atoms with van der Waals surface area (Å²) in [5.74, 6) is -3.67. The van der Waals surface area contributed by atoms with E-state index in [2.05, 4.69) is 35.7 Å². The molecule has 0 aromatic heterocycles. The highest BCUT2D eigenvalue weighted by Crippen LogP contribution is 2.22. The Hall–Kier alpha value is -3.97. The van der Waals surface area contributed by atoms with Crippen molar-refractivity contribution in [3.8, 4) is 12.1 Å². The van der Waals surface area contributed by atoms with Gasteiger partial charge in [0.05, 0.1) is 28.8 Å². The van der Waals surface area contributed by atoms with Crippen molar-refractivity contribution in [2.24, 2.45) is 10.2 Å². The number of hydrazone groups is 2. The first kappa shape index (κ1) is 32.1. The number of nitriles is 2. The minimum Gasteiger partial charge on any atom is -0.355 e. The van der Waals surface area contributed by atoms with Crippen LogP contribution in [0.2, 0.25) is 0 Å². The summed E-state index contributed by atoms with van der Waals surface area (Å²) in [6, 6.07) is 8.94. The van der Waals surface area contributed by atoms with Crippen molar-refractivity contribution in [1.29, 1.82) is 10.5 Å². The van der Waals surface area contributed by atoms with Crippen LogP contribution in [0.5, 0.6) is 0 Å². The summed E-state index contributed by atoms with van der Waals surface area (Å²) in [6.45, 7) is 0. The molecule has 0 aliphatic heterocycles. The molecule has 0 heterocycles. The maximum Gasteiger partial charge on any atom is 0.471 e. The molecule has 2 N–H and O–H groups in total. The zero-order chi connectivity index (χ0) is 29.3. The van der Waals surface area contributed by atoms with Gasteiger partial charge in [-0.1, -0.05) is 0 Å². The Morgan fingerprint density at radius 2 is 1.29 bits per heavy atom. The van der Waals surface area contributed by atoms with Crippen LogP contribution in [-0.4, -0.2) is 37.5 Å². The van der Waals surface area contributed by atoms with E-state index in [1.165, 1.54) is 6.07 Å². The molecule has 38 heavy (non-hydrogen) atoms. The van der Waals surface area contributed by atoms with Gasteiger partial charge >= 0.3 is 28.4 Å². The largest absolute Gasteiger partial charge is 0.471 e. The Morgan fingerprint density at radius 1 is 0.868 bits per heavy atom. The van der Waals surface area contributed by atoms with E-state index in [-0.39, 0.29) is 16.9 Å². The third kappa shape index (κ3) is 11.0. The molecule has 0 atom stereocenters. The number of benzene rings is 2. The number of hydrogen-bond acceptors (Lipinski definition) is 9. The summed E-state index contributed by atoms with van der Waals surface area (Å²) < 4.78 is 123. The second kappa shape index (κ2) is 13.0. The molecule has 0 saturated carbocycles. The maximum absolute atomic E-state index is 13.0. The molecule has 0 spiro atoms. The molecule has 19 heteroatoms. The number of rotatable bonds is 5. The highest BCUT2D eigenvalue weighted by molar-refractivity contribution is 9.18. The van der Waals surface area contributed by atoms with Gasteiger partial charge in [-0.25, -0.2) is 8.78 Å². The third-order valence-electron chi connectivity index (χ3n) is 3.45. The molecule has 0 amide bonds. The van der Waals surface area contributed by atoms with Crippen molar-refractivity contribution in [3.63, 3.8) is 0 Å². The molecule has 0 bridgehead atoms. The molecule has 2 aromatic carbocycles. The predicted molar refractivity (Wildman–Crippen MR) is 121 cm³/mol. The molecule has 0 aliphatic carbocycles. The van der Waals surface area contributed by atoms with Gasteiger partial charge in [-0.2, -0.15) is 50.4 Å². The smallest absolute Gasteiger partial charge is 0.355 e. The Labute approximate surface area is 217 Å². The molecule has 0 fully saturated rings. The maximum atomic E-state index is 13.0. The van der Waals surface area contributed by atoms with Gasteiger partial charge in [-0.15, -0.1) is 5.10 Å². The molecule has 204 valence electrons. The molecule has 2 rings (SSSR count). The number of anilines is 2. The third-order valence-corrected chi connectivity index (χ3v) is 4.54. The van der Waals surface area contributed by atoms with Gasteiger partial charge < -0.3 is 4.18 Å². The van der Waals surface area contributed by atoms with Crippen LogP contribution in [0.15, 0.2) is 46.6 Å². The first-order valence-corrected chi connectivity index (χ1v) is 11.7. The normalized spacial score (nSPS) is 12.4. The lowest BCUT2D eigenvalue weighted by atomic mass is 10.2. The van der Waals surface area contributed by atoms with E-state index in [1.54, 1.807) is 6.07 Å². The summed E-state index contributed by atoms with van der Waals surface area (Å²) in [5, 5.41) is 22.8. The van der Waals surface area contributed by atoms with Crippen LogP contribution in [0.1, 0.15) is 11.1 Å². The van der Waals surface area contributed by atoms with Crippen LogP contribution in [0.3, 0.4) is 0 Å². The van der Waals surface area contributed by atoms with Crippen LogP contribution >= 0.6 is 15.9 Å². The number of nitrogens with one attached hydrogen (secondary N) is 2. The standard InChI is InChI=1S/C10H7F4N3O3S.C9H4BrF4N3/c1-21(18,19)20-9(10(12,13)14)17-16-7-2-3-8(11)6(4-7)5-15;10-8(9(12,13)14)17-16-6-1-2-7(11)5(3-6)4-15/h2-4,16H,1H3;1-3,16H/b17-9-;17-8-. The van der Waals surface area contributed by atoms with Crippen LogP contribution in [0.25, 0.3) is 0 Å². The second-order valence-electron chi connectivity index (χ2n) is 6.44. The van der Waals surface area contributed by atoms with Crippen LogP contribution in [-0.2, 0) is 14.3 Å². The van der Waals surface area contributed by atoms with Crippen molar-refractivity contribution >= 4 is 47.9 Å². The van der Waals surface area contributed by atoms with E-state index in [4.69, 9.17) is 10.5 Å². The van der Waals surface area contributed by atoms with Crippen LogP contribution in [0.4, 0.5) is 46.5 Å². The van der Waals surface area contributed by atoms with Crippen LogP contribution < -0.4 is 10.9 Å². The Bertz CT molecular complexity index is 1410. The SMILES string of the molecule is CS(=O)(=O)O/C(=N\Nc1ccc(F)c(C#N)c1)C(F)(F)F.N#Cc1cc(N/N=C(\Br)C(F)(F)F)ccc1F. The number of hydrogen-bond donors (Lipinski definition) is 2. The van der Waals surface area contributed by atoms with Gasteiger partial charge in [-0.3, -0.25) is 10.9 Å². The van der Waals surface area contributed by atoms with Crippen molar-refractivity contribution in [2.75, 3.05) is 17.1 Å². The quantitative estimate of drug-likeness (QED) is 0.149. The molecule has 0 unspecified atom stereocenters. The highest BCUT2D eigenvalue weighted by atomic mass is 79.9. The minimum atomic E-state index is -5.16. The van der Waals surface area contributed by atoms with Crippen molar-refractivity contribution in [2.45, 2.75) is 12.4 Å². The lowest BCUT2D eigenvalue weighted by Gasteiger charge is -2.10. The first-order valence-electron chi connectivity index (χ1n) is 9.13. The average Bonchev–Trinajstić information content (AvgIpc) is 2.80. The molecule has 2 aromatic rings. The van der Waals surface area contributed by atoms with Crippen molar-refractivity contribution in [3.05, 3.63) is 59.2 Å². The van der Waals surface area contributed by atoms with E-state index in [0.717, 1.165) is 36.4 Å². The van der Waals surface area contributed by atoms with Gasteiger partial charge in [0.1, 0.15) is 23.8 Å².